The van der Waals surface area contributed by atoms with Crippen LogP contribution in [0.3, 0.4) is 0 Å². The second kappa shape index (κ2) is 7.38. The van der Waals surface area contributed by atoms with Crippen molar-refractivity contribution in [3.63, 3.8) is 0 Å². The fraction of sp³-hybridized carbons (Fsp3) is 0.300. The average molecular weight is 340 g/mol. The van der Waals surface area contributed by atoms with Crippen molar-refractivity contribution in [2.24, 2.45) is 5.10 Å². The van der Waals surface area contributed by atoms with Crippen LogP contribution in [0.5, 0.6) is 11.5 Å². The van der Waals surface area contributed by atoms with Gasteiger partial charge in [0.05, 0.1) is 13.3 Å². The first-order valence-electron chi connectivity index (χ1n) is 8.04. The lowest BCUT2D eigenvalue weighted by Gasteiger charge is -2.22. The Hall–Kier alpha value is -2.82. The van der Waals surface area contributed by atoms with E-state index in [1.54, 1.807) is 31.4 Å². The summed E-state index contributed by atoms with van der Waals surface area (Å²) in [6.07, 6.45) is 1.45. The van der Waals surface area contributed by atoms with Gasteiger partial charge in [-0.25, -0.2) is 5.43 Å². The van der Waals surface area contributed by atoms with Crippen molar-refractivity contribution >= 4 is 12.1 Å². The molecule has 0 unspecified atom stereocenters. The van der Waals surface area contributed by atoms with Gasteiger partial charge in [-0.3, -0.25) is 4.79 Å². The van der Waals surface area contributed by atoms with Crippen LogP contribution in [0.4, 0.5) is 0 Å². The lowest BCUT2D eigenvalue weighted by Crippen LogP contribution is -2.17. The lowest BCUT2D eigenvalue weighted by molar-refractivity contribution is 0.0954. The molecule has 0 bridgehead atoms. The minimum atomic E-state index is -0.349. The highest BCUT2D eigenvalue weighted by atomic mass is 16.5. The van der Waals surface area contributed by atoms with Crippen molar-refractivity contribution in [3.05, 3.63) is 58.7 Å². The van der Waals surface area contributed by atoms with E-state index in [1.165, 1.54) is 6.21 Å². The van der Waals surface area contributed by atoms with Crippen LogP contribution in [-0.4, -0.2) is 24.3 Å². The Morgan fingerprint density at radius 1 is 1.24 bits per heavy atom. The molecule has 0 atom stereocenters. The minimum absolute atomic E-state index is 0.178. The number of carbonyl (C=O) groups is 1. The molecule has 2 aromatic rings. The molecule has 2 rings (SSSR count). The summed E-state index contributed by atoms with van der Waals surface area (Å²) in [4.78, 5) is 12.1. The van der Waals surface area contributed by atoms with Crippen LogP contribution >= 0.6 is 0 Å². The van der Waals surface area contributed by atoms with Crippen LogP contribution in [0, 0.1) is 6.92 Å². The highest BCUT2D eigenvalue weighted by molar-refractivity contribution is 5.95. The van der Waals surface area contributed by atoms with Gasteiger partial charge in [-0.15, -0.1) is 0 Å². The molecule has 2 aromatic carbocycles. The molecule has 0 fully saturated rings. The summed E-state index contributed by atoms with van der Waals surface area (Å²) in [6, 6.07) is 10.6. The molecule has 0 aliphatic carbocycles. The molecular formula is C20H24N2O3. The van der Waals surface area contributed by atoms with Crippen LogP contribution < -0.4 is 10.2 Å². The van der Waals surface area contributed by atoms with Crippen molar-refractivity contribution in [1.82, 2.24) is 5.43 Å². The number of hydrogen-bond donors (Lipinski definition) is 2. The number of aromatic hydroxyl groups is 1. The van der Waals surface area contributed by atoms with Crippen molar-refractivity contribution in [2.75, 3.05) is 7.11 Å². The monoisotopic (exact) mass is 340 g/mol. The van der Waals surface area contributed by atoms with Crippen LogP contribution in [0.15, 0.2) is 41.5 Å². The predicted molar refractivity (Wildman–Crippen MR) is 99.6 cm³/mol. The molecule has 132 valence electrons. The Morgan fingerprint density at radius 3 is 2.60 bits per heavy atom. The average Bonchev–Trinajstić information content (AvgIpc) is 2.56. The molecule has 5 heteroatoms. The highest BCUT2D eigenvalue weighted by Crippen LogP contribution is 2.33. The molecule has 0 radical (unpaired) electrons. The summed E-state index contributed by atoms with van der Waals surface area (Å²) in [5.74, 6) is 0.429. The van der Waals surface area contributed by atoms with Gasteiger partial charge in [-0.1, -0.05) is 32.9 Å². The zero-order valence-electron chi connectivity index (χ0n) is 15.3. The van der Waals surface area contributed by atoms with Crippen molar-refractivity contribution in [1.29, 1.82) is 0 Å². The summed E-state index contributed by atoms with van der Waals surface area (Å²) >= 11 is 0. The molecule has 2 N–H and O–H groups in total. The number of methoxy groups -OCH3 is 1. The summed E-state index contributed by atoms with van der Waals surface area (Å²) in [5.41, 5.74) is 5.14. The number of aryl methyl sites for hydroxylation is 1. The van der Waals surface area contributed by atoms with Crippen LogP contribution in [0.2, 0.25) is 0 Å². The second-order valence-electron chi connectivity index (χ2n) is 6.93. The molecular weight excluding hydrogens is 316 g/mol. The van der Waals surface area contributed by atoms with E-state index in [-0.39, 0.29) is 17.1 Å². The number of phenolic OH excluding ortho intramolecular Hbond substituents is 1. The Labute approximate surface area is 148 Å². The summed E-state index contributed by atoms with van der Waals surface area (Å²) in [5, 5.41) is 14.5. The van der Waals surface area contributed by atoms with Crippen molar-refractivity contribution in [3.8, 4) is 11.5 Å². The molecule has 5 nitrogen and oxygen atoms in total. The van der Waals surface area contributed by atoms with Gasteiger partial charge in [0.2, 0.25) is 0 Å². The smallest absolute Gasteiger partial charge is 0.271 e. The molecule has 0 spiro atoms. The van der Waals surface area contributed by atoms with Gasteiger partial charge in [-0.2, -0.15) is 5.10 Å². The maximum atomic E-state index is 12.1. The molecule has 0 aliphatic rings. The van der Waals surface area contributed by atoms with Crippen LogP contribution in [-0.2, 0) is 5.41 Å². The third-order valence-corrected chi connectivity index (χ3v) is 3.79. The van der Waals surface area contributed by atoms with Gasteiger partial charge in [-0.05, 0) is 42.2 Å². The first-order chi connectivity index (χ1) is 11.7. The Kier molecular flexibility index (Phi) is 5.47. The number of nitrogens with one attached hydrogen (secondary N) is 1. The summed E-state index contributed by atoms with van der Waals surface area (Å²) in [6.45, 7) is 8.06. The summed E-state index contributed by atoms with van der Waals surface area (Å²) in [7, 11) is 1.54. The van der Waals surface area contributed by atoms with Gasteiger partial charge < -0.3 is 9.84 Å². The van der Waals surface area contributed by atoms with Gasteiger partial charge in [0.25, 0.3) is 5.91 Å². The first-order valence-corrected chi connectivity index (χ1v) is 8.04. The number of rotatable bonds is 4. The number of hydrogen-bond acceptors (Lipinski definition) is 4. The molecule has 0 aliphatic heterocycles. The zero-order chi connectivity index (χ0) is 18.6. The largest absolute Gasteiger partial charge is 0.507 e. The van der Waals surface area contributed by atoms with Crippen molar-refractivity contribution in [2.45, 2.75) is 33.1 Å². The normalized spacial score (nSPS) is 11.6. The molecule has 0 saturated carbocycles. The number of nitrogens with zero attached hydrogens (tertiary/aromatic N) is 1. The fourth-order valence-electron chi connectivity index (χ4n) is 2.47. The van der Waals surface area contributed by atoms with Gasteiger partial charge in [0.15, 0.2) is 0 Å². The van der Waals surface area contributed by atoms with Gasteiger partial charge in [0, 0.05) is 16.7 Å². The SMILES string of the molecule is COc1cccc(C(=O)N/N=C/c2cc(C)cc(C(C)(C)C)c2O)c1. The second-order valence-corrected chi connectivity index (χ2v) is 6.93. The number of ether oxygens (including phenoxy) is 1. The van der Waals surface area contributed by atoms with E-state index in [2.05, 4.69) is 10.5 Å². The number of carbonyl (C=O) groups excluding carboxylic acids is 1. The highest BCUT2D eigenvalue weighted by Gasteiger charge is 2.20. The molecule has 0 saturated heterocycles. The van der Waals surface area contributed by atoms with E-state index in [1.807, 2.05) is 39.8 Å². The lowest BCUT2D eigenvalue weighted by atomic mass is 9.84. The molecule has 1 amide bonds. The maximum Gasteiger partial charge on any atom is 0.271 e. The zero-order valence-corrected chi connectivity index (χ0v) is 15.3. The first kappa shape index (κ1) is 18.5. The van der Waals surface area contributed by atoms with E-state index < -0.39 is 0 Å². The van der Waals surface area contributed by atoms with E-state index in [0.717, 1.165) is 11.1 Å². The van der Waals surface area contributed by atoms with E-state index >= 15 is 0 Å². The molecule has 0 heterocycles. The topological polar surface area (TPSA) is 70.9 Å². The van der Waals surface area contributed by atoms with Crippen LogP contribution in [0.1, 0.15) is 47.8 Å². The molecule has 25 heavy (non-hydrogen) atoms. The Morgan fingerprint density at radius 2 is 1.96 bits per heavy atom. The number of amides is 1. The fourth-order valence-corrected chi connectivity index (χ4v) is 2.47. The maximum absolute atomic E-state index is 12.1. The Balaban J connectivity index is 2.19. The Bertz CT molecular complexity index is 805. The number of hydrazone groups is 1. The molecule has 0 aromatic heterocycles. The third kappa shape index (κ3) is 4.59. The quantitative estimate of drug-likeness (QED) is 0.657. The number of phenols is 1. The van der Waals surface area contributed by atoms with E-state index in [9.17, 15) is 9.90 Å². The van der Waals surface area contributed by atoms with Crippen molar-refractivity contribution < 1.29 is 14.6 Å². The summed E-state index contributed by atoms with van der Waals surface area (Å²) < 4.78 is 5.10. The van der Waals surface area contributed by atoms with E-state index in [4.69, 9.17) is 4.74 Å². The van der Waals surface area contributed by atoms with E-state index in [0.29, 0.717) is 16.9 Å². The third-order valence-electron chi connectivity index (χ3n) is 3.79. The predicted octanol–water partition coefficient (Wildman–Crippen LogP) is 3.77. The van der Waals surface area contributed by atoms with Gasteiger partial charge >= 0.3 is 0 Å². The minimum Gasteiger partial charge on any atom is -0.507 e. The number of benzene rings is 2. The van der Waals surface area contributed by atoms with Crippen LogP contribution in [0.25, 0.3) is 0 Å². The standard InChI is InChI=1S/C20H24N2O3/c1-13-9-15(18(23)17(10-13)20(2,3)4)12-21-22-19(24)14-7-6-8-16(11-14)25-5/h6-12,23H,1-5H3,(H,22,24)/b21-12+. The van der Waals surface area contributed by atoms with Gasteiger partial charge in [0.1, 0.15) is 11.5 Å².